The minimum atomic E-state index is -4.62. The molecule has 63 heavy (non-hydrogen) atoms. The highest BCUT2D eigenvalue weighted by Crippen LogP contribution is 2.33. The molecule has 7 atom stereocenters. The maximum Gasteiger partial charge on any atom is 0.315 e. The van der Waals surface area contributed by atoms with Gasteiger partial charge in [0.1, 0.15) is 23.9 Å². The van der Waals surface area contributed by atoms with E-state index in [0.717, 1.165) is 30.7 Å². The molecule has 13 N–H and O–H groups in total. The summed E-state index contributed by atoms with van der Waals surface area (Å²) in [6, 6.07) is 0.685. The topological polar surface area (TPSA) is 372 Å². The highest BCUT2D eigenvalue weighted by atomic mass is 32.2. The van der Waals surface area contributed by atoms with Crippen LogP contribution in [0.15, 0.2) is 29.2 Å². The number of carbonyl (C=O) groups is 9. The van der Waals surface area contributed by atoms with Gasteiger partial charge < -0.3 is 58.1 Å². The summed E-state index contributed by atoms with van der Waals surface area (Å²) < 4.78 is 31.6. The van der Waals surface area contributed by atoms with Gasteiger partial charge in [-0.25, -0.2) is 18.7 Å². The largest absolute Gasteiger partial charge is 0.497 e. The number of hydrogen-bond acceptors (Lipinski definition) is 15. The Morgan fingerprint density at radius 1 is 0.841 bits per heavy atom. The van der Waals surface area contributed by atoms with Crippen LogP contribution in [-0.2, 0) is 48.2 Å². The Kier molecular flexibility index (Phi) is 20.8. The van der Waals surface area contributed by atoms with Crippen molar-refractivity contribution in [3.05, 3.63) is 24.3 Å². The lowest BCUT2D eigenvalue weighted by Crippen LogP contribution is -2.56. The van der Waals surface area contributed by atoms with Crippen LogP contribution in [0.5, 0.6) is 5.75 Å². The predicted octanol–water partition coefficient (Wildman–Crippen LogP) is -4.07. The number of nitrogens with two attached hydrogens (primary N) is 1. The second kappa shape index (κ2) is 25.4. The molecule has 1 aromatic carbocycles. The second-order valence-corrected chi connectivity index (χ2v) is 18.1. The number of primary amides is 1. The molecule has 0 spiro atoms. The van der Waals surface area contributed by atoms with Crippen LogP contribution in [0.2, 0.25) is 0 Å². The molecule has 2 saturated heterocycles. The van der Waals surface area contributed by atoms with Gasteiger partial charge >= 0.3 is 6.03 Å². The Bertz CT molecular complexity index is 1920. The van der Waals surface area contributed by atoms with E-state index in [0.29, 0.717) is 37.5 Å². The van der Waals surface area contributed by atoms with Crippen molar-refractivity contribution in [2.24, 2.45) is 5.73 Å². The van der Waals surface area contributed by atoms with E-state index in [4.69, 9.17) is 15.7 Å². The molecule has 2 fully saturated rings. The molecule has 10 amide bonds. The highest BCUT2D eigenvalue weighted by Gasteiger charge is 2.42. The van der Waals surface area contributed by atoms with E-state index in [9.17, 15) is 56.7 Å². The minimum absolute atomic E-state index is 0.105. The van der Waals surface area contributed by atoms with Crippen LogP contribution in [0.4, 0.5) is 4.79 Å². The number of rotatable bonds is 27. The van der Waals surface area contributed by atoms with E-state index in [1.165, 1.54) is 31.6 Å². The smallest absolute Gasteiger partial charge is 0.315 e. The lowest BCUT2D eigenvalue weighted by atomic mass is 10.0. The van der Waals surface area contributed by atoms with E-state index in [-0.39, 0.29) is 36.2 Å². The van der Waals surface area contributed by atoms with Crippen molar-refractivity contribution < 1.29 is 66.6 Å². The number of aliphatic hydroxyl groups is 1. The third-order valence-corrected chi connectivity index (χ3v) is 13.6. The first kappa shape index (κ1) is 51.6. The maximum absolute atomic E-state index is 13.3. The van der Waals surface area contributed by atoms with Gasteiger partial charge in [-0.15, -0.1) is 0 Å². The molecule has 0 saturated carbocycles. The first-order valence-corrected chi connectivity index (χ1v) is 22.6. The molecule has 0 radical (unpaired) electrons. The number of nitrogens with one attached hydrogen (secondary N) is 9. The van der Waals surface area contributed by atoms with Crippen LogP contribution in [0.25, 0.3) is 0 Å². The van der Waals surface area contributed by atoms with Gasteiger partial charge in [-0.3, -0.25) is 43.6 Å². The van der Waals surface area contributed by atoms with Crippen molar-refractivity contribution in [1.29, 1.82) is 0 Å². The standard InChI is InChI=1S/C37H56N10O14S2/c1-20(42-35(55)24(18-48)44-36(56)27(15-29(50)47-58)63(59,60)22-12-10-21(61-2)11-13-22)34(54)41-16-30(51)40-17-31(52)43-23(33(38)53)7-5-6-14-39-28(49)9-4-3-8-26-32-25(19-62-26)45-37(57)46-32/h10-13,20,23-27,32,48,58H,3-9,14-19H2,1-2H3,(H2,38,53)(H,39,49)(H,40,51)(H,41,54)(H,42,55)(H,43,52)(H,44,56)(H,47,50)(H2,45,46,57)/t20-,23-,24-,25-,26-,27?,32-/m0/s1. The van der Waals surface area contributed by atoms with Crippen molar-refractivity contribution in [2.75, 3.05) is 39.1 Å². The van der Waals surface area contributed by atoms with Crippen LogP contribution in [0, 0.1) is 0 Å². The molecule has 26 heteroatoms. The Labute approximate surface area is 367 Å². The molecule has 2 aliphatic rings. The van der Waals surface area contributed by atoms with Gasteiger partial charge in [-0.2, -0.15) is 11.8 Å². The second-order valence-electron chi connectivity index (χ2n) is 14.7. The quantitative estimate of drug-likeness (QED) is 0.0173. The van der Waals surface area contributed by atoms with E-state index in [1.54, 1.807) is 0 Å². The molecule has 0 aromatic heterocycles. The first-order valence-electron chi connectivity index (χ1n) is 20.0. The van der Waals surface area contributed by atoms with Gasteiger partial charge in [-0.05, 0) is 63.3 Å². The zero-order valence-corrected chi connectivity index (χ0v) is 36.4. The monoisotopic (exact) mass is 928 g/mol. The first-order chi connectivity index (χ1) is 29.9. The van der Waals surface area contributed by atoms with Crippen molar-refractivity contribution >= 4 is 74.9 Å². The average molecular weight is 929 g/mol. The van der Waals surface area contributed by atoms with Crippen LogP contribution >= 0.6 is 11.8 Å². The summed E-state index contributed by atoms with van der Waals surface area (Å²) in [6.45, 7) is -0.767. The Hall–Kier alpha value is -5.73. The van der Waals surface area contributed by atoms with E-state index >= 15 is 0 Å². The molecule has 0 aliphatic carbocycles. The average Bonchev–Trinajstić information content (AvgIpc) is 3.82. The van der Waals surface area contributed by atoms with Gasteiger partial charge in [0.25, 0.3) is 0 Å². The number of ether oxygens (including phenoxy) is 1. The number of carbonyl (C=O) groups excluding carboxylic acids is 9. The van der Waals surface area contributed by atoms with Crippen LogP contribution in [0.3, 0.4) is 0 Å². The molecule has 2 heterocycles. The zero-order chi connectivity index (χ0) is 46.7. The molecule has 24 nitrogen and oxygen atoms in total. The summed E-state index contributed by atoms with van der Waals surface area (Å²) in [6.07, 6.45) is 2.85. The third-order valence-electron chi connectivity index (χ3n) is 9.99. The van der Waals surface area contributed by atoms with Crippen molar-refractivity contribution in [2.45, 2.75) is 104 Å². The number of hydrogen-bond donors (Lipinski definition) is 12. The van der Waals surface area contributed by atoms with Crippen LogP contribution in [-0.4, -0.2) is 152 Å². The predicted molar refractivity (Wildman–Crippen MR) is 223 cm³/mol. The number of urea groups is 1. The molecule has 350 valence electrons. The molecular weight excluding hydrogens is 873 g/mol. The number of thioether (sulfide) groups is 1. The molecule has 0 bridgehead atoms. The lowest BCUT2D eigenvalue weighted by Gasteiger charge is -2.22. The SMILES string of the molecule is COc1ccc(S(=O)(=O)C(CC(=O)NO)C(=O)N[C@@H](CO)C(=O)N[C@@H](C)C(=O)NCC(=O)NCC(=O)N[C@@H](CCCCNC(=O)CCCC[C@@H]2SC[C@@H]3NC(=O)N[C@@H]32)C(N)=O)cc1. The molecule has 3 rings (SSSR count). The van der Waals surface area contributed by atoms with E-state index < -0.39 is 106 Å². The number of benzene rings is 1. The lowest BCUT2D eigenvalue weighted by molar-refractivity contribution is -0.134. The van der Waals surface area contributed by atoms with Crippen molar-refractivity contribution in [3.63, 3.8) is 0 Å². The van der Waals surface area contributed by atoms with Gasteiger partial charge in [0.15, 0.2) is 15.1 Å². The number of aliphatic hydroxyl groups excluding tert-OH is 1. The number of amides is 10. The van der Waals surface area contributed by atoms with Gasteiger partial charge in [0.2, 0.25) is 47.3 Å². The van der Waals surface area contributed by atoms with E-state index in [1.807, 2.05) is 17.1 Å². The highest BCUT2D eigenvalue weighted by molar-refractivity contribution is 8.00. The summed E-state index contributed by atoms with van der Waals surface area (Å²) >= 11 is 1.82. The number of fused-ring (bicyclic) bond motifs is 1. The summed E-state index contributed by atoms with van der Waals surface area (Å²) in [5.41, 5.74) is 6.67. The van der Waals surface area contributed by atoms with Crippen molar-refractivity contribution in [1.82, 2.24) is 48.0 Å². The normalized spacial score (nSPS) is 18.4. The van der Waals surface area contributed by atoms with Crippen LogP contribution in [0.1, 0.15) is 58.3 Å². The number of methoxy groups -OCH3 is 1. The zero-order valence-electron chi connectivity index (χ0n) is 34.7. The fourth-order valence-corrected chi connectivity index (χ4v) is 9.59. The fourth-order valence-electron chi connectivity index (χ4n) is 6.48. The molecule has 2 aliphatic heterocycles. The van der Waals surface area contributed by atoms with Crippen molar-refractivity contribution in [3.8, 4) is 5.75 Å². The fraction of sp³-hybridized carbons (Fsp3) is 0.595. The summed E-state index contributed by atoms with van der Waals surface area (Å²) in [5, 5.41) is 36.7. The van der Waals surface area contributed by atoms with Gasteiger partial charge in [0.05, 0.1) is 50.2 Å². The number of hydroxylamine groups is 1. The Morgan fingerprint density at radius 2 is 1.54 bits per heavy atom. The van der Waals surface area contributed by atoms with Gasteiger partial charge in [0, 0.05) is 24.0 Å². The Morgan fingerprint density at radius 3 is 2.19 bits per heavy atom. The summed E-state index contributed by atoms with van der Waals surface area (Å²) in [7, 11) is -3.28. The summed E-state index contributed by atoms with van der Waals surface area (Å²) in [4.78, 5) is 111. The third kappa shape index (κ3) is 16.5. The van der Waals surface area contributed by atoms with E-state index in [2.05, 4.69) is 37.2 Å². The molecule has 1 aromatic rings. The number of unbranched alkanes of at least 4 members (excludes halogenated alkanes) is 2. The summed E-state index contributed by atoms with van der Waals surface area (Å²) in [5.74, 6) is -6.02. The Balaban J connectivity index is 1.34. The molecular formula is C37H56N10O14S2. The van der Waals surface area contributed by atoms with Crippen LogP contribution < -0.4 is 58.5 Å². The maximum atomic E-state index is 13.3. The molecule has 1 unspecified atom stereocenters. The van der Waals surface area contributed by atoms with Gasteiger partial charge in [-0.1, -0.05) is 6.42 Å². The number of sulfone groups is 1. The minimum Gasteiger partial charge on any atom is -0.497 e.